The Balaban J connectivity index is 1.69. The number of hydrogen-bond donors (Lipinski definition) is 2. The Morgan fingerprint density at radius 2 is 1.82 bits per heavy atom. The number of aryl methyl sites for hydroxylation is 1. The Morgan fingerprint density at radius 3 is 2.42 bits per heavy atom. The molecule has 1 amide bonds. The van der Waals surface area contributed by atoms with E-state index in [2.05, 4.69) is 31.9 Å². The van der Waals surface area contributed by atoms with Gasteiger partial charge in [-0.2, -0.15) is 0 Å². The molecule has 2 aromatic heterocycles. The molecule has 0 bridgehead atoms. The van der Waals surface area contributed by atoms with E-state index < -0.39 is 15.9 Å². The van der Waals surface area contributed by atoms with Gasteiger partial charge in [0.05, 0.1) is 42.3 Å². The number of aromatic nitrogens is 4. The summed E-state index contributed by atoms with van der Waals surface area (Å²) >= 11 is 0. The van der Waals surface area contributed by atoms with Crippen LogP contribution in [0, 0.1) is 6.92 Å². The third-order valence-corrected chi connectivity index (χ3v) is 6.80. The number of carbonyl (C=O) groups excluding carboxylic acids is 1. The highest BCUT2D eigenvalue weighted by Crippen LogP contribution is 2.39. The van der Waals surface area contributed by atoms with E-state index in [1.54, 1.807) is 47.4 Å². The van der Waals surface area contributed by atoms with Crippen molar-refractivity contribution in [2.24, 2.45) is 0 Å². The van der Waals surface area contributed by atoms with E-state index in [-0.39, 0.29) is 16.9 Å². The molecule has 10 nitrogen and oxygen atoms in total. The molecule has 0 saturated heterocycles. The van der Waals surface area contributed by atoms with Crippen molar-refractivity contribution in [3.05, 3.63) is 83.8 Å². The minimum absolute atomic E-state index is 0.205. The van der Waals surface area contributed by atoms with Gasteiger partial charge in [0.15, 0.2) is 5.75 Å². The van der Waals surface area contributed by atoms with Gasteiger partial charge in [-0.15, -0.1) is 5.10 Å². The lowest BCUT2D eigenvalue weighted by molar-refractivity contribution is 0.102. The number of rotatable bonds is 8. The van der Waals surface area contributed by atoms with Crippen LogP contribution in [-0.2, 0) is 15.4 Å². The number of sulfonamides is 1. The number of anilines is 2. The molecule has 2 aromatic carbocycles. The molecule has 2 heterocycles. The molecule has 0 aliphatic rings. The van der Waals surface area contributed by atoms with Crippen molar-refractivity contribution in [1.29, 1.82) is 0 Å². The zero-order valence-electron chi connectivity index (χ0n) is 23.3. The van der Waals surface area contributed by atoms with E-state index in [0.717, 1.165) is 28.6 Å². The zero-order valence-corrected chi connectivity index (χ0v) is 24.1. The Hall–Kier alpha value is -4.51. The van der Waals surface area contributed by atoms with Crippen LogP contribution < -0.4 is 14.8 Å². The number of pyridine rings is 1. The molecular weight excluding hydrogens is 528 g/mol. The minimum Gasteiger partial charge on any atom is -0.492 e. The number of benzene rings is 2. The van der Waals surface area contributed by atoms with Crippen LogP contribution in [0.15, 0.2) is 61.4 Å². The molecule has 4 aromatic rings. The predicted molar refractivity (Wildman–Crippen MR) is 158 cm³/mol. The summed E-state index contributed by atoms with van der Waals surface area (Å²) in [5.74, 6) is -0.198. The van der Waals surface area contributed by atoms with E-state index >= 15 is 0 Å². The summed E-state index contributed by atoms with van der Waals surface area (Å²) in [5, 5.41) is 11.4. The molecule has 11 heteroatoms. The first-order valence-electron chi connectivity index (χ1n) is 12.4. The molecule has 0 spiro atoms. The van der Waals surface area contributed by atoms with Gasteiger partial charge >= 0.3 is 0 Å². The summed E-state index contributed by atoms with van der Waals surface area (Å²) in [6, 6.07) is 12.5. The van der Waals surface area contributed by atoms with Gasteiger partial charge in [0.2, 0.25) is 10.0 Å². The average Bonchev–Trinajstić information content (AvgIpc) is 3.37. The highest BCUT2D eigenvalue weighted by molar-refractivity contribution is 7.92. The van der Waals surface area contributed by atoms with Crippen molar-refractivity contribution < 1.29 is 17.9 Å². The lowest BCUT2D eigenvalue weighted by Crippen LogP contribution is -2.18. The van der Waals surface area contributed by atoms with Gasteiger partial charge in [0, 0.05) is 17.3 Å². The fourth-order valence-corrected chi connectivity index (χ4v) is 4.58. The first-order valence-corrected chi connectivity index (χ1v) is 14.3. The van der Waals surface area contributed by atoms with Gasteiger partial charge in [-0.1, -0.05) is 38.6 Å². The monoisotopic (exact) mass is 560 g/mol. The smallest absolute Gasteiger partial charge is 0.255 e. The van der Waals surface area contributed by atoms with Crippen molar-refractivity contribution >= 4 is 33.4 Å². The average molecular weight is 561 g/mol. The fourth-order valence-electron chi connectivity index (χ4n) is 4.03. The summed E-state index contributed by atoms with van der Waals surface area (Å²) in [5.41, 5.74) is 5.19. The summed E-state index contributed by atoms with van der Waals surface area (Å²) in [7, 11) is -2.18. The van der Waals surface area contributed by atoms with Crippen LogP contribution in [0.5, 0.6) is 5.75 Å². The van der Waals surface area contributed by atoms with Gasteiger partial charge in [-0.3, -0.25) is 14.5 Å². The Labute approximate surface area is 234 Å². The fraction of sp³-hybridized carbons (Fsp3) is 0.241. The standard InChI is InChI=1S/C29H32N6O4S/c1-8-22-12-11-20(16-30-22)25-17-35(34-32-25)26-13-19(10-9-18(26)2)28(36)31-23-14-21(29(3,4)5)15-24(27(23)39-6)33-40(7,37)38/h8-17,33H,1H2,2-7H3,(H,31,36). The van der Waals surface area contributed by atoms with Crippen LogP contribution in [0.3, 0.4) is 0 Å². The third kappa shape index (κ3) is 6.37. The Bertz CT molecular complexity index is 1690. The number of methoxy groups -OCH3 is 1. The lowest BCUT2D eigenvalue weighted by Gasteiger charge is -2.24. The summed E-state index contributed by atoms with van der Waals surface area (Å²) < 4.78 is 33.7. The maximum Gasteiger partial charge on any atom is 0.255 e. The van der Waals surface area contributed by atoms with Crippen molar-refractivity contribution in [2.75, 3.05) is 23.4 Å². The Morgan fingerprint density at radius 1 is 1.10 bits per heavy atom. The second-order valence-corrected chi connectivity index (χ2v) is 12.2. The normalized spacial score (nSPS) is 11.7. The molecule has 40 heavy (non-hydrogen) atoms. The van der Waals surface area contributed by atoms with Gasteiger partial charge in [0.25, 0.3) is 5.91 Å². The molecule has 0 aliphatic heterocycles. The lowest BCUT2D eigenvalue weighted by atomic mass is 9.86. The van der Waals surface area contributed by atoms with E-state index in [9.17, 15) is 13.2 Å². The van der Waals surface area contributed by atoms with E-state index in [1.807, 2.05) is 45.9 Å². The second kappa shape index (κ2) is 10.9. The quantitative estimate of drug-likeness (QED) is 0.303. The molecule has 2 N–H and O–H groups in total. The molecule has 208 valence electrons. The van der Waals surface area contributed by atoms with Gasteiger partial charge in [-0.25, -0.2) is 13.1 Å². The molecular formula is C29H32N6O4S. The number of hydrogen-bond acceptors (Lipinski definition) is 7. The largest absolute Gasteiger partial charge is 0.492 e. The molecule has 0 radical (unpaired) electrons. The highest BCUT2D eigenvalue weighted by Gasteiger charge is 2.23. The van der Waals surface area contributed by atoms with E-state index in [4.69, 9.17) is 4.74 Å². The maximum absolute atomic E-state index is 13.5. The minimum atomic E-state index is -3.60. The molecule has 0 saturated carbocycles. The number of amides is 1. The van der Waals surface area contributed by atoms with Crippen molar-refractivity contribution in [3.8, 4) is 22.7 Å². The first-order chi connectivity index (χ1) is 18.8. The predicted octanol–water partition coefficient (Wildman–Crippen LogP) is 5.21. The summed E-state index contributed by atoms with van der Waals surface area (Å²) in [6.07, 6.45) is 6.20. The van der Waals surface area contributed by atoms with Crippen molar-refractivity contribution in [2.45, 2.75) is 33.1 Å². The zero-order chi connectivity index (χ0) is 29.2. The molecule has 4 rings (SSSR count). The van der Waals surface area contributed by atoms with Gasteiger partial charge in [-0.05, 0) is 65.9 Å². The second-order valence-electron chi connectivity index (χ2n) is 10.4. The van der Waals surface area contributed by atoms with E-state index in [1.165, 1.54) is 7.11 Å². The van der Waals surface area contributed by atoms with Crippen molar-refractivity contribution in [3.63, 3.8) is 0 Å². The maximum atomic E-state index is 13.5. The first kappa shape index (κ1) is 28.5. The van der Waals surface area contributed by atoms with Crippen LogP contribution in [0.4, 0.5) is 11.4 Å². The van der Waals surface area contributed by atoms with Gasteiger partial charge < -0.3 is 10.1 Å². The molecule has 0 unspecified atom stereocenters. The molecule has 0 aliphatic carbocycles. The van der Waals surface area contributed by atoms with Crippen molar-refractivity contribution in [1.82, 2.24) is 20.0 Å². The third-order valence-electron chi connectivity index (χ3n) is 6.21. The number of nitrogens with zero attached hydrogens (tertiary/aromatic N) is 4. The highest BCUT2D eigenvalue weighted by atomic mass is 32.2. The van der Waals surface area contributed by atoms with Gasteiger partial charge in [0.1, 0.15) is 5.69 Å². The summed E-state index contributed by atoms with van der Waals surface area (Å²) in [6.45, 7) is 11.6. The molecule has 0 fully saturated rings. The van der Waals surface area contributed by atoms with Crippen LogP contribution in [-0.4, -0.2) is 47.7 Å². The number of nitrogens with one attached hydrogen (secondary N) is 2. The van der Waals surface area contributed by atoms with Crippen LogP contribution in [0.1, 0.15) is 48.0 Å². The molecule has 0 atom stereocenters. The number of carbonyl (C=O) groups is 1. The van der Waals surface area contributed by atoms with Crippen LogP contribution in [0.25, 0.3) is 23.0 Å². The SMILES string of the molecule is C=Cc1ccc(-c2cn(-c3cc(C(=O)Nc4cc(C(C)(C)C)cc(NS(C)(=O)=O)c4OC)ccc3C)nn2)cn1. The Kier molecular flexibility index (Phi) is 7.79. The van der Waals surface area contributed by atoms with E-state index in [0.29, 0.717) is 22.6 Å². The number of ether oxygens (including phenoxy) is 1. The summed E-state index contributed by atoms with van der Waals surface area (Å²) in [4.78, 5) is 17.8. The van der Waals surface area contributed by atoms with Crippen LogP contribution in [0.2, 0.25) is 0 Å². The topological polar surface area (TPSA) is 128 Å². The van der Waals surface area contributed by atoms with Crippen LogP contribution >= 0.6 is 0 Å².